The number of anilines is 1. The van der Waals surface area contributed by atoms with E-state index in [1.54, 1.807) is 5.43 Å². The first kappa shape index (κ1) is 17.4. The highest BCUT2D eigenvalue weighted by molar-refractivity contribution is 5.74. The number of benzene rings is 1. The fourth-order valence-corrected chi connectivity index (χ4v) is 1.02. The summed E-state index contributed by atoms with van der Waals surface area (Å²) in [5.74, 6) is 0. The Labute approximate surface area is 114 Å². The average Bonchev–Trinajstić information content (AvgIpc) is 2.38. The Hall–Kier alpha value is -3.58. The van der Waals surface area contributed by atoms with E-state index in [-0.39, 0.29) is 0 Å². The molecule has 1 aromatic rings. The lowest BCUT2D eigenvalue weighted by atomic mass is 10.2. The van der Waals surface area contributed by atoms with Crippen LogP contribution >= 0.6 is 0 Å². The monoisotopic (exact) mass is 304 g/mol. The molecule has 1 rings (SSSR count). The SMILES string of the molecule is CN[N+](=O)[O-].Nc1c([N+](=O)[O-])cc([N+](=O)[O-])cc1[N+](=O)[O-]. The predicted molar refractivity (Wildman–Crippen MR) is 66.9 cm³/mol. The molecule has 14 heteroatoms. The molecule has 0 bridgehead atoms. The molecule has 0 saturated carbocycles. The number of rotatable bonds is 4. The van der Waals surface area contributed by atoms with Crippen molar-refractivity contribution in [2.45, 2.75) is 0 Å². The summed E-state index contributed by atoms with van der Waals surface area (Å²) in [5.41, 5.74) is 3.71. The third kappa shape index (κ3) is 4.89. The summed E-state index contributed by atoms with van der Waals surface area (Å²) in [6.45, 7) is 0. The summed E-state index contributed by atoms with van der Waals surface area (Å²) in [5, 5.41) is 39.7. The molecule has 0 aliphatic rings. The third-order valence-corrected chi connectivity index (χ3v) is 1.91. The highest BCUT2D eigenvalue weighted by atomic mass is 16.7. The molecule has 21 heavy (non-hydrogen) atoms. The van der Waals surface area contributed by atoms with Gasteiger partial charge in [0.25, 0.3) is 5.69 Å². The van der Waals surface area contributed by atoms with Crippen molar-refractivity contribution >= 4 is 22.7 Å². The van der Waals surface area contributed by atoms with Crippen LogP contribution < -0.4 is 11.2 Å². The van der Waals surface area contributed by atoms with Crippen LogP contribution in [0.3, 0.4) is 0 Å². The second kappa shape index (κ2) is 7.12. The molecule has 14 nitrogen and oxygen atoms in total. The lowest BCUT2D eigenvalue weighted by Crippen LogP contribution is -2.13. The Morgan fingerprint density at radius 1 is 0.905 bits per heavy atom. The molecular weight excluding hydrogens is 296 g/mol. The fourth-order valence-electron chi connectivity index (χ4n) is 1.02. The summed E-state index contributed by atoms with van der Waals surface area (Å²) >= 11 is 0. The van der Waals surface area contributed by atoms with Gasteiger partial charge in [-0.15, -0.1) is 5.43 Å². The van der Waals surface area contributed by atoms with Gasteiger partial charge in [-0.2, -0.15) is 0 Å². The van der Waals surface area contributed by atoms with Crippen LogP contribution in [-0.4, -0.2) is 26.8 Å². The largest absolute Gasteiger partial charge is 0.387 e. The van der Waals surface area contributed by atoms with Gasteiger partial charge in [-0.3, -0.25) is 30.3 Å². The van der Waals surface area contributed by atoms with E-state index in [4.69, 9.17) is 15.8 Å². The maximum Gasteiger partial charge on any atom is 0.306 e. The van der Waals surface area contributed by atoms with Crippen molar-refractivity contribution < 1.29 is 19.8 Å². The summed E-state index contributed by atoms with van der Waals surface area (Å²) in [6.07, 6.45) is 0. The van der Waals surface area contributed by atoms with Gasteiger partial charge < -0.3 is 5.73 Å². The van der Waals surface area contributed by atoms with E-state index in [0.717, 1.165) is 0 Å². The second-order valence-corrected chi connectivity index (χ2v) is 3.15. The minimum absolute atomic E-state index is 0.572. The van der Waals surface area contributed by atoms with Crippen LogP contribution in [0, 0.1) is 40.5 Å². The normalized spacial score (nSPS) is 9.00. The topological polar surface area (TPSA) is 211 Å². The Balaban J connectivity index is 0.000000690. The number of hydrogen-bond donors (Lipinski definition) is 2. The van der Waals surface area contributed by atoms with Crippen LogP contribution in [0.1, 0.15) is 0 Å². The molecular formula is C7H8N6O8. The molecule has 0 saturated heterocycles. The standard InChI is InChI=1S/C6H4N4O6.CH4N2O2/c7-6-4(9(13)14)1-3(8(11)12)2-5(6)10(15)16;1-2-3(4)5/h1-2H,7H2;2H,1H3. The molecule has 0 fully saturated rings. The minimum Gasteiger partial charge on any atom is -0.387 e. The number of nitrogen functional groups attached to an aromatic ring is 1. The first-order chi connectivity index (χ1) is 9.61. The van der Waals surface area contributed by atoms with Crippen LogP contribution in [0.5, 0.6) is 0 Å². The Bertz CT molecular complexity index is 566. The molecule has 0 radical (unpaired) electrons. The molecule has 3 N–H and O–H groups in total. The Morgan fingerprint density at radius 2 is 1.24 bits per heavy atom. The number of non-ortho nitro benzene ring substituents is 1. The number of nitro benzene ring substituents is 3. The maximum absolute atomic E-state index is 10.5. The third-order valence-electron chi connectivity index (χ3n) is 1.91. The molecule has 0 aromatic heterocycles. The highest BCUT2D eigenvalue weighted by Gasteiger charge is 2.28. The van der Waals surface area contributed by atoms with Crippen molar-refractivity contribution in [2.75, 3.05) is 12.8 Å². The number of nitro groups is 4. The molecule has 0 unspecified atom stereocenters. The predicted octanol–water partition coefficient (Wildman–Crippen LogP) is 0.391. The summed E-state index contributed by atoms with van der Waals surface area (Å²) < 4.78 is 0. The number of nitrogens with zero attached hydrogens (tertiary/aromatic N) is 4. The zero-order chi connectivity index (χ0) is 16.7. The van der Waals surface area contributed by atoms with Crippen molar-refractivity contribution in [1.82, 2.24) is 5.43 Å². The van der Waals surface area contributed by atoms with E-state index in [2.05, 4.69) is 0 Å². The molecule has 0 spiro atoms. The van der Waals surface area contributed by atoms with E-state index in [1.165, 1.54) is 7.05 Å². The van der Waals surface area contributed by atoms with Crippen molar-refractivity contribution in [2.24, 2.45) is 0 Å². The van der Waals surface area contributed by atoms with Gasteiger partial charge >= 0.3 is 11.4 Å². The maximum atomic E-state index is 10.5. The second-order valence-electron chi connectivity index (χ2n) is 3.15. The van der Waals surface area contributed by atoms with Crippen molar-refractivity contribution in [3.8, 4) is 0 Å². The minimum atomic E-state index is -1.02. The molecule has 1 aromatic carbocycles. The average molecular weight is 304 g/mol. The van der Waals surface area contributed by atoms with Gasteiger partial charge in [-0.05, 0) is 0 Å². The number of nitrogens with one attached hydrogen (secondary N) is 1. The zero-order valence-electron chi connectivity index (χ0n) is 10.3. The van der Waals surface area contributed by atoms with Crippen molar-refractivity contribution in [3.63, 3.8) is 0 Å². The lowest BCUT2D eigenvalue weighted by Gasteiger charge is -1.98. The highest BCUT2D eigenvalue weighted by Crippen LogP contribution is 2.35. The van der Waals surface area contributed by atoms with Crippen LogP contribution in [0.25, 0.3) is 0 Å². The van der Waals surface area contributed by atoms with Crippen LogP contribution in [0.4, 0.5) is 22.7 Å². The first-order valence-corrected chi connectivity index (χ1v) is 4.80. The number of nitrogens with two attached hydrogens (primary N) is 1. The summed E-state index contributed by atoms with van der Waals surface area (Å²) in [4.78, 5) is 37.3. The van der Waals surface area contributed by atoms with Gasteiger partial charge in [-0.25, -0.2) is 10.1 Å². The summed E-state index contributed by atoms with van der Waals surface area (Å²) in [7, 11) is 1.25. The van der Waals surface area contributed by atoms with Gasteiger partial charge in [0.2, 0.25) is 0 Å². The lowest BCUT2D eigenvalue weighted by molar-refractivity contribution is -0.538. The molecule has 0 atom stereocenters. The van der Waals surface area contributed by atoms with Gasteiger partial charge in [0.15, 0.2) is 10.7 Å². The quantitative estimate of drug-likeness (QED) is 0.443. The van der Waals surface area contributed by atoms with Gasteiger partial charge in [0.05, 0.1) is 34.0 Å². The molecule has 0 heterocycles. The van der Waals surface area contributed by atoms with Crippen LogP contribution in [-0.2, 0) is 0 Å². The van der Waals surface area contributed by atoms with Gasteiger partial charge in [-0.1, -0.05) is 0 Å². The van der Waals surface area contributed by atoms with Crippen molar-refractivity contribution in [1.29, 1.82) is 0 Å². The molecule has 114 valence electrons. The first-order valence-electron chi connectivity index (χ1n) is 4.80. The molecule has 0 amide bonds. The Morgan fingerprint density at radius 3 is 1.43 bits per heavy atom. The fraction of sp³-hybridized carbons (Fsp3) is 0.143. The summed E-state index contributed by atoms with van der Waals surface area (Å²) in [6, 6.07) is 1.14. The Kier molecular flexibility index (Phi) is 5.90. The zero-order valence-corrected chi connectivity index (χ0v) is 10.3. The van der Waals surface area contributed by atoms with Crippen LogP contribution in [0.2, 0.25) is 0 Å². The van der Waals surface area contributed by atoms with Gasteiger partial charge in [0, 0.05) is 0 Å². The van der Waals surface area contributed by atoms with Crippen molar-refractivity contribution in [3.05, 3.63) is 52.6 Å². The smallest absolute Gasteiger partial charge is 0.306 e. The van der Waals surface area contributed by atoms with E-state index in [0.29, 0.717) is 12.1 Å². The number of hydrazine groups is 1. The number of hydrogen-bond acceptors (Lipinski definition) is 9. The van der Waals surface area contributed by atoms with E-state index in [1.807, 2.05) is 0 Å². The molecule has 0 aliphatic heterocycles. The molecule has 0 aliphatic carbocycles. The van der Waals surface area contributed by atoms with Crippen LogP contribution in [0.15, 0.2) is 12.1 Å². The van der Waals surface area contributed by atoms with E-state index < -0.39 is 42.6 Å². The van der Waals surface area contributed by atoms with E-state index >= 15 is 0 Å². The van der Waals surface area contributed by atoms with Gasteiger partial charge in [0.1, 0.15) is 0 Å². The van der Waals surface area contributed by atoms with E-state index in [9.17, 15) is 30.3 Å².